The molecule has 7 heteroatoms. The summed E-state index contributed by atoms with van der Waals surface area (Å²) in [5.41, 5.74) is 3.68. The smallest absolute Gasteiger partial charge is 0.259 e. The van der Waals surface area contributed by atoms with Crippen molar-refractivity contribution in [3.05, 3.63) is 76.3 Å². The van der Waals surface area contributed by atoms with Crippen molar-refractivity contribution >= 4 is 44.7 Å². The van der Waals surface area contributed by atoms with E-state index < -0.39 is 5.91 Å². The first kappa shape index (κ1) is 20.5. The molecular formula is C22H20BrN3O3. The van der Waals surface area contributed by atoms with Crippen LogP contribution in [-0.2, 0) is 4.79 Å². The highest BCUT2D eigenvalue weighted by Gasteiger charge is 2.09. The maximum Gasteiger partial charge on any atom is 0.259 e. The number of halogens is 1. The summed E-state index contributed by atoms with van der Waals surface area (Å²) in [5.74, 6) is -0.0759. The standard InChI is InChI=1S/C22H20BrN3O3/c1-2-29-20-11-10-15-6-3-4-9-18(15)19(20)13-25-26-21(27)14-24-22(28)16-7-5-8-17(23)12-16/h3-13H,2,14H2,1H3,(H,24,28)(H,26,27). The van der Waals surface area contributed by atoms with Crippen molar-refractivity contribution in [3.63, 3.8) is 0 Å². The third-order valence-corrected chi connectivity index (χ3v) is 4.60. The zero-order valence-corrected chi connectivity index (χ0v) is 17.4. The Hall–Kier alpha value is -3.19. The Morgan fingerprint density at radius 1 is 1.10 bits per heavy atom. The summed E-state index contributed by atoms with van der Waals surface area (Å²) in [6, 6.07) is 18.7. The normalized spacial score (nSPS) is 10.8. The molecule has 0 spiro atoms. The number of nitrogens with zero attached hydrogens (tertiary/aromatic N) is 1. The molecule has 2 amide bonds. The number of benzene rings is 3. The molecule has 0 fully saturated rings. The molecule has 0 aliphatic heterocycles. The van der Waals surface area contributed by atoms with Crippen LogP contribution in [0.4, 0.5) is 0 Å². The zero-order valence-electron chi connectivity index (χ0n) is 15.8. The lowest BCUT2D eigenvalue weighted by Gasteiger charge is -2.10. The minimum Gasteiger partial charge on any atom is -0.493 e. The number of hydrazone groups is 1. The Bertz CT molecular complexity index is 1070. The summed E-state index contributed by atoms with van der Waals surface area (Å²) in [4.78, 5) is 24.1. The highest BCUT2D eigenvalue weighted by atomic mass is 79.9. The van der Waals surface area contributed by atoms with Crippen LogP contribution in [0.3, 0.4) is 0 Å². The Morgan fingerprint density at radius 3 is 2.72 bits per heavy atom. The first-order chi connectivity index (χ1) is 14.1. The van der Waals surface area contributed by atoms with Crippen molar-refractivity contribution < 1.29 is 14.3 Å². The lowest BCUT2D eigenvalue weighted by molar-refractivity contribution is -0.120. The van der Waals surface area contributed by atoms with E-state index in [0.717, 1.165) is 20.8 Å². The molecule has 29 heavy (non-hydrogen) atoms. The van der Waals surface area contributed by atoms with Crippen molar-refractivity contribution in [1.82, 2.24) is 10.7 Å². The second-order valence-electron chi connectivity index (χ2n) is 6.12. The first-order valence-corrected chi connectivity index (χ1v) is 9.88. The second kappa shape index (κ2) is 9.84. The summed E-state index contributed by atoms with van der Waals surface area (Å²) in [5, 5.41) is 8.62. The molecule has 3 aromatic carbocycles. The Labute approximate surface area is 177 Å². The molecule has 0 aliphatic rings. The fraction of sp³-hybridized carbons (Fsp3) is 0.136. The molecule has 3 rings (SSSR count). The van der Waals surface area contributed by atoms with Crippen molar-refractivity contribution in [2.75, 3.05) is 13.2 Å². The van der Waals surface area contributed by atoms with Crippen LogP contribution in [0.15, 0.2) is 70.2 Å². The summed E-state index contributed by atoms with van der Waals surface area (Å²) < 4.78 is 6.47. The van der Waals surface area contributed by atoms with Gasteiger partial charge in [-0.1, -0.05) is 52.3 Å². The topological polar surface area (TPSA) is 79.8 Å². The monoisotopic (exact) mass is 453 g/mol. The second-order valence-corrected chi connectivity index (χ2v) is 7.03. The van der Waals surface area contributed by atoms with Crippen LogP contribution < -0.4 is 15.5 Å². The van der Waals surface area contributed by atoms with Crippen molar-refractivity contribution in [2.24, 2.45) is 5.10 Å². The van der Waals surface area contributed by atoms with Crippen LogP contribution in [0, 0.1) is 0 Å². The number of hydrogen-bond acceptors (Lipinski definition) is 4. The molecule has 0 atom stereocenters. The Kier molecular flexibility index (Phi) is 6.97. The van der Waals surface area contributed by atoms with Gasteiger partial charge in [-0.05, 0) is 42.0 Å². The van der Waals surface area contributed by atoms with Gasteiger partial charge in [0.25, 0.3) is 11.8 Å². The minimum atomic E-state index is -0.428. The van der Waals surface area contributed by atoms with E-state index >= 15 is 0 Å². The third kappa shape index (κ3) is 5.42. The van der Waals surface area contributed by atoms with Crippen LogP contribution in [0.1, 0.15) is 22.8 Å². The van der Waals surface area contributed by atoms with Crippen LogP contribution in [0.5, 0.6) is 5.75 Å². The number of carbonyl (C=O) groups excluding carboxylic acids is 2. The molecular weight excluding hydrogens is 434 g/mol. The molecule has 0 unspecified atom stereocenters. The summed E-state index contributed by atoms with van der Waals surface area (Å²) in [6.45, 7) is 2.25. The van der Waals surface area contributed by atoms with E-state index in [4.69, 9.17) is 4.74 Å². The molecule has 0 saturated heterocycles. The predicted molar refractivity (Wildman–Crippen MR) is 117 cm³/mol. The van der Waals surface area contributed by atoms with Gasteiger partial charge in [0, 0.05) is 15.6 Å². The largest absolute Gasteiger partial charge is 0.493 e. The molecule has 0 saturated carbocycles. The Balaban J connectivity index is 1.64. The van der Waals surface area contributed by atoms with E-state index in [1.54, 1.807) is 24.4 Å². The van der Waals surface area contributed by atoms with Gasteiger partial charge in [0.2, 0.25) is 0 Å². The van der Waals surface area contributed by atoms with Gasteiger partial charge in [-0.15, -0.1) is 0 Å². The average molecular weight is 454 g/mol. The van der Waals surface area contributed by atoms with Crippen LogP contribution >= 0.6 is 15.9 Å². The molecule has 0 aromatic heterocycles. The van der Waals surface area contributed by atoms with Crippen LogP contribution in [0.2, 0.25) is 0 Å². The van der Waals surface area contributed by atoms with E-state index in [2.05, 4.69) is 31.8 Å². The summed E-state index contributed by atoms with van der Waals surface area (Å²) >= 11 is 3.31. The molecule has 2 N–H and O–H groups in total. The maximum atomic E-state index is 12.1. The van der Waals surface area contributed by atoms with E-state index in [1.807, 2.05) is 49.4 Å². The number of hydrogen-bond donors (Lipinski definition) is 2. The van der Waals surface area contributed by atoms with Gasteiger partial charge in [-0.25, -0.2) is 5.43 Å². The lowest BCUT2D eigenvalue weighted by Crippen LogP contribution is -2.34. The van der Waals surface area contributed by atoms with Gasteiger partial charge in [-0.3, -0.25) is 9.59 Å². The Morgan fingerprint density at radius 2 is 1.93 bits per heavy atom. The molecule has 3 aromatic rings. The molecule has 0 heterocycles. The van der Waals surface area contributed by atoms with Gasteiger partial charge in [0.1, 0.15) is 5.75 Å². The van der Waals surface area contributed by atoms with E-state index in [9.17, 15) is 9.59 Å². The SMILES string of the molecule is CCOc1ccc2ccccc2c1C=NNC(=O)CNC(=O)c1cccc(Br)c1. The fourth-order valence-corrected chi connectivity index (χ4v) is 3.19. The van der Waals surface area contributed by atoms with Gasteiger partial charge in [-0.2, -0.15) is 5.10 Å². The quantitative estimate of drug-likeness (QED) is 0.420. The van der Waals surface area contributed by atoms with Crippen molar-refractivity contribution in [3.8, 4) is 5.75 Å². The van der Waals surface area contributed by atoms with Crippen molar-refractivity contribution in [2.45, 2.75) is 6.92 Å². The van der Waals surface area contributed by atoms with Gasteiger partial charge in [0.15, 0.2) is 0 Å². The number of rotatable bonds is 7. The van der Waals surface area contributed by atoms with E-state index in [1.165, 1.54) is 0 Å². The minimum absolute atomic E-state index is 0.184. The zero-order chi connectivity index (χ0) is 20.6. The van der Waals surface area contributed by atoms with E-state index in [0.29, 0.717) is 17.9 Å². The number of ether oxygens (including phenoxy) is 1. The fourth-order valence-electron chi connectivity index (χ4n) is 2.79. The van der Waals surface area contributed by atoms with Gasteiger partial charge < -0.3 is 10.1 Å². The van der Waals surface area contributed by atoms with E-state index in [-0.39, 0.29) is 12.5 Å². The average Bonchev–Trinajstić information content (AvgIpc) is 2.73. The molecule has 0 radical (unpaired) electrons. The molecule has 6 nitrogen and oxygen atoms in total. The molecule has 0 bridgehead atoms. The number of carbonyl (C=O) groups is 2. The summed E-state index contributed by atoms with van der Waals surface area (Å²) in [6.07, 6.45) is 1.56. The highest BCUT2D eigenvalue weighted by Crippen LogP contribution is 2.26. The molecule has 0 aliphatic carbocycles. The summed E-state index contributed by atoms with van der Waals surface area (Å²) in [7, 11) is 0. The lowest BCUT2D eigenvalue weighted by atomic mass is 10.0. The third-order valence-electron chi connectivity index (χ3n) is 4.11. The highest BCUT2D eigenvalue weighted by molar-refractivity contribution is 9.10. The molecule has 148 valence electrons. The van der Waals surface area contributed by atoms with Crippen LogP contribution in [-0.4, -0.2) is 31.2 Å². The number of nitrogens with one attached hydrogen (secondary N) is 2. The predicted octanol–water partition coefficient (Wildman–Crippen LogP) is 3.88. The number of fused-ring (bicyclic) bond motifs is 1. The first-order valence-electron chi connectivity index (χ1n) is 9.08. The van der Waals surface area contributed by atoms with Crippen LogP contribution in [0.25, 0.3) is 10.8 Å². The van der Waals surface area contributed by atoms with Crippen molar-refractivity contribution in [1.29, 1.82) is 0 Å². The maximum absolute atomic E-state index is 12.1. The van der Waals surface area contributed by atoms with Gasteiger partial charge in [0.05, 0.1) is 19.4 Å². The number of amides is 2. The van der Waals surface area contributed by atoms with Gasteiger partial charge >= 0.3 is 0 Å².